The number of hydrogen-bond donors (Lipinski definition) is 0. The van der Waals surface area contributed by atoms with Gasteiger partial charge in [0.1, 0.15) is 0 Å². The number of sulfonamides is 1. The summed E-state index contributed by atoms with van der Waals surface area (Å²) in [5.41, 5.74) is 3.35. The largest absolute Gasteiger partial charge is 0.441 e. The van der Waals surface area contributed by atoms with Gasteiger partial charge in [0.05, 0.1) is 11.1 Å². The molecule has 3 aromatic rings. The van der Waals surface area contributed by atoms with Crippen molar-refractivity contribution in [2.24, 2.45) is 0 Å². The van der Waals surface area contributed by atoms with Crippen LogP contribution < -0.4 is 0 Å². The van der Waals surface area contributed by atoms with E-state index in [1.54, 1.807) is 23.2 Å². The van der Waals surface area contributed by atoms with Gasteiger partial charge in [0.25, 0.3) is 0 Å². The van der Waals surface area contributed by atoms with Gasteiger partial charge in [-0.1, -0.05) is 29.8 Å². The third-order valence-electron chi connectivity index (χ3n) is 5.92. The molecule has 2 aromatic carbocycles. The second-order valence-electron chi connectivity index (χ2n) is 8.16. The summed E-state index contributed by atoms with van der Waals surface area (Å²) in [6.45, 7) is 5.29. The second-order valence-corrected chi connectivity index (χ2v) is 10.5. The van der Waals surface area contributed by atoms with Gasteiger partial charge in [-0.15, -0.1) is 0 Å². The highest BCUT2D eigenvalue weighted by molar-refractivity contribution is 7.89. The number of rotatable bonds is 6. The first-order chi connectivity index (χ1) is 15.7. The standard InChI is InChI=1S/C24H26ClN3O4S/c1-17-6-7-19(14-18(17)2)22-16-26-23(32-22)8-9-24(29)27-10-12-28(13-11-27)33(30,31)21-5-3-4-20(25)15-21/h3-7,14-16H,8-13H2,1-2H3. The molecule has 0 bridgehead atoms. The Balaban J connectivity index is 1.31. The van der Waals surface area contributed by atoms with Gasteiger partial charge in [-0.05, 0) is 49.2 Å². The second kappa shape index (κ2) is 9.67. The minimum atomic E-state index is -3.63. The Hall–Kier alpha value is -2.68. The van der Waals surface area contributed by atoms with Crippen molar-refractivity contribution < 1.29 is 17.6 Å². The first-order valence-corrected chi connectivity index (χ1v) is 12.6. The van der Waals surface area contributed by atoms with Crippen molar-refractivity contribution in [2.45, 2.75) is 31.6 Å². The molecule has 4 rings (SSSR count). The summed E-state index contributed by atoms with van der Waals surface area (Å²) in [5, 5.41) is 0.372. The van der Waals surface area contributed by atoms with Gasteiger partial charge in [-0.3, -0.25) is 4.79 Å². The summed E-state index contributed by atoms with van der Waals surface area (Å²) < 4.78 is 32.9. The van der Waals surface area contributed by atoms with E-state index in [1.807, 2.05) is 12.1 Å². The summed E-state index contributed by atoms with van der Waals surface area (Å²) in [6.07, 6.45) is 2.34. The van der Waals surface area contributed by atoms with E-state index < -0.39 is 10.0 Å². The number of benzene rings is 2. The van der Waals surface area contributed by atoms with E-state index in [1.165, 1.54) is 27.6 Å². The predicted octanol–water partition coefficient (Wildman–Crippen LogP) is 4.08. The lowest BCUT2D eigenvalue weighted by Gasteiger charge is -2.34. The van der Waals surface area contributed by atoms with Crippen molar-refractivity contribution in [3.63, 3.8) is 0 Å². The number of amides is 1. The molecule has 9 heteroatoms. The van der Waals surface area contributed by atoms with E-state index in [4.69, 9.17) is 16.0 Å². The third-order valence-corrected chi connectivity index (χ3v) is 8.05. The van der Waals surface area contributed by atoms with Crippen LogP contribution in [0.15, 0.2) is 58.0 Å². The lowest BCUT2D eigenvalue weighted by Crippen LogP contribution is -2.50. The van der Waals surface area contributed by atoms with Crippen molar-refractivity contribution in [3.05, 3.63) is 70.7 Å². The van der Waals surface area contributed by atoms with E-state index in [2.05, 4.69) is 24.9 Å². The number of piperazine rings is 1. The Morgan fingerprint density at radius 1 is 1.06 bits per heavy atom. The van der Waals surface area contributed by atoms with Crippen molar-refractivity contribution in [1.82, 2.24) is 14.2 Å². The van der Waals surface area contributed by atoms with Crippen LogP contribution in [0, 0.1) is 13.8 Å². The van der Waals surface area contributed by atoms with E-state index in [9.17, 15) is 13.2 Å². The van der Waals surface area contributed by atoms with E-state index in [0.717, 1.165) is 5.56 Å². The number of aromatic nitrogens is 1. The molecule has 2 heterocycles. The maximum Gasteiger partial charge on any atom is 0.243 e. The van der Waals surface area contributed by atoms with E-state index in [-0.39, 0.29) is 30.3 Å². The van der Waals surface area contributed by atoms with Crippen molar-refractivity contribution in [2.75, 3.05) is 26.2 Å². The summed E-state index contributed by atoms with van der Waals surface area (Å²) in [5.74, 6) is 1.15. The first kappa shape index (κ1) is 23.5. The predicted molar refractivity (Wildman–Crippen MR) is 127 cm³/mol. The molecule has 0 aliphatic carbocycles. The van der Waals surface area contributed by atoms with Crippen LogP contribution in [0.5, 0.6) is 0 Å². The molecule has 1 amide bonds. The zero-order valence-corrected chi connectivity index (χ0v) is 20.2. The molecule has 1 saturated heterocycles. The molecule has 0 atom stereocenters. The topological polar surface area (TPSA) is 83.7 Å². The fraction of sp³-hybridized carbons (Fsp3) is 0.333. The van der Waals surface area contributed by atoms with Gasteiger partial charge < -0.3 is 9.32 Å². The van der Waals surface area contributed by atoms with Crippen molar-refractivity contribution in [3.8, 4) is 11.3 Å². The molecule has 0 spiro atoms. The summed E-state index contributed by atoms with van der Waals surface area (Å²) in [4.78, 5) is 18.8. The van der Waals surface area contributed by atoms with Gasteiger partial charge >= 0.3 is 0 Å². The molecule has 1 aliphatic heterocycles. The molecule has 7 nitrogen and oxygen atoms in total. The number of carbonyl (C=O) groups is 1. The fourth-order valence-electron chi connectivity index (χ4n) is 3.78. The van der Waals surface area contributed by atoms with Crippen LogP contribution in [-0.2, 0) is 21.2 Å². The Bertz CT molecular complexity index is 1260. The number of aryl methyl sites for hydroxylation is 3. The van der Waals surface area contributed by atoms with E-state index in [0.29, 0.717) is 36.2 Å². The lowest BCUT2D eigenvalue weighted by molar-refractivity contribution is -0.132. The van der Waals surface area contributed by atoms with Gasteiger partial charge in [0.2, 0.25) is 15.9 Å². The third kappa shape index (κ3) is 5.29. The van der Waals surface area contributed by atoms with Crippen LogP contribution in [0.4, 0.5) is 0 Å². The average Bonchev–Trinajstić information content (AvgIpc) is 3.28. The quantitative estimate of drug-likeness (QED) is 0.523. The molecular weight excluding hydrogens is 462 g/mol. The van der Waals surface area contributed by atoms with Gasteiger partial charge in [-0.2, -0.15) is 4.31 Å². The molecule has 0 radical (unpaired) electrons. The Morgan fingerprint density at radius 3 is 2.52 bits per heavy atom. The zero-order chi connectivity index (χ0) is 23.6. The molecule has 0 N–H and O–H groups in total. The molecule has 0 saturated carbocycles. The van der Waals surface area contributed by atoms with Crippen LogP contribution in [0.3, 0.4) is 0 Å². The number of nitrogens with zero attached hydrogens (tertiary/aromatic N) is 3. The molecule has 1 fully saturated rings. The summed E-state index contributed by atoms with van der Waals surface area (Å²) in [6, 6.07) is 12.3. The maximum absolute atomic E-state index is 12.8. The SMILES string of the molecule is Cc1ccc(-c2cnc(CCC(=O)N3CCN(S(=O)(=O)c4cccc(Cl)c4)CC3)o2)cc1C. The smallest absolute Gasteiger partial charge is 0.243 e. The highest BCUT2D eigenvalue weighted by atomic mass is 35.5. The number of hydrogen-bond acceptors (Lipinski definition) is 5. The fourth-order valence-corrected chi connectivity index (χ4v) is 5.50. The van der Waals surface area contributed by atoms with Gasteiger partial charge in [-0.25, -0.2) is 13.4 Å². The van der Waals surface area contributed by atoms with E-state index >= 15 is 0 Å². The minimum absolute atomic E-state index is 0.0410. The Morgan fingerprint density at radius 2 is 1.82 bits per heavy atom. The molecule has 33 heavy (non-hydrogen) atoms. The highest BCUT2D eigenvalue weighted by Gasteiger charge is 2.30. The Kier molecular flexibility index (Phi) is 6.88. The van der Waals surface area contributed by atoms with Crippen molar-refractivity contribution >= 4 is 27.5 Å². The molecule has 174 valence electrons. The van der Waals surface area contributed by atoms with Crippen LogP contribution in [0.2, 0.25) is 5.02 Å². The number of carbonyl (C=O) groups excluding carboxylic acids is 1. The van der Waals surface area contributed by atoms with Gasteiger partial charge in [0.15, 0.2) is 11.7 Å². The van der Waals surface area contributed by atoms with Crippen LogP contribution >= 0.6 is 11.6 Å². The van der Waals surface area contributed by atoms with Crippen LogP contribution in [-0.4, -0.2) is 54.7 Å². The van der Waals surface area contributed by atoms with Crippen LogP contribution in [0.25, 0.3) is 11.3 Å². The molecule has 0 unspecified atom stereocenters. The first-order valence-electron chi connectivity index (χ1n) is 10.8. The monoisotopic (exact) mass is 487 g/mol. The normalized spacial score (nSPS) is 15.1. The zero-order valence-electron chi connectivity index (χ0n) is 18.6. The maximum atomic E-state index is 12.8. The lowest BCUT2D eigenvalue weighted by atomic mass is 10.1. The minimum Gasteiger partial charge on any atom is -0.441 e. The van der Waals surface area contributed by atoms with Crippen molar-refractivity contribution in [1.29, 1.82) is 0 Å². The summed E-state index contributed by atoms with van der Waals surface area (Å²) in [7, 11) is -3.63. The molecule has 1 aliphatic rings. The number of oxazole rings is 1. The van der Waals surface area contributed by atoms with Crippen LogP contribution in [0.1, 0.15) is 23.4 Å². The number of halogens is 1. The Labute approximate surface area is 199 Å². The molecule has 1 aromatic heterocycles. The highest BCUT2D eigenvalue weighted by Crippen LogP contribution is 2.24. The summed E-state index contributed by atoms with van der Waals surface area (Å²) >= 11 is 5.94. The van der Waals surface area contributed by atoms with Gasteiger partial charge in [0, 0.05) is 49.6 Å². The molecular formula is C24H26ClN3O4S. The average molecular weight is 488 g/mol.